The van der Waals surface area contributed by atoms with Crippen molar-refractivity contribution in [1.82, 2.24) is 0 Å². The van der Waals surface area contributed by atoms with Crippen molar-refractivity contribution in [2.24, 2.45) is 5.41 Å². The van der Waals surface area contributed by atoms with Crippen LogP contribution in [0.4, 0.5) is 13.2 Å². The van der Waals surface area contributed by atoms with Crippen LogP contribution in [0.2, 0.25) is 0 Å². The second-order valence-corrected chi connectivity index (χ2v) is 3.78. The quantitative estimate of drug-likeness (QED) is 0.502. The number of rotatable bonds is 0. The molecular formula is C7H15F3. The lowest BCUT2D eigenvalue weighted by Gasteiger charge is -2.05. The predicted molar refractivity (Wildman–Crippen MR) is 36.9 cm³/mol. The molecule has 0 rings (SSSR count). The van der Waals surface area contributed by atoms with Gasteiger partial charge in [-0.25, -0.2) is 0 Å². The molecule has 10 heavy (non-hydrogen) atoms. The summed E-state index contributed by atoms with van der Waals surface area (Å²) in [7, 11) is 0. The maximum absolute atomic E-state index is 10.4. The van der Waals surface area contributed by atoms with Crippen LogP contribution in [0, 0.1) is 5.41 Å². The predicted octanol–water partition coefficient (Wildman–Crippen LogP) is 3.62. The SMILES string of the molecule is CC(C)(C)C.CC(F)(F)F. The van der Waals surface area contributed by atoms with Crippen LogP contribution in [0.3, 0.4) is 0 Å². The van der Waals surface area contributed by atoms with Crippen molar-refractivity contribution in [3.05, 3.63) is 0 Å². The Balaban J connectivity index is 0. The highest BCUT2D eigenvalue weighted by Crippen LogP contribution is 2.10. The van der Waals surface area contributed by atoms with Crippen LogP contribution in [0.1, 0.15) is 34.6 Å². The van der Waals surface area contributed by atoms with E-state index in [4.69, 9.17) is 0 Å². The second-order valence-electron chi connectivity index (χ2n) is 3.78. The molecule has 0 N–H and O–H groups in total. The van der Waals surface area contributed by atoms with Gasteiger partial charge in [-0.15, -0.1) is 0 Å². The summed E-state index contributed by atoms with van der Waals surface area (Å²) in [6.45, 7) is 8.94. The fourth-order valence-electron chi connectivity index (χ4n) is 0. The summed E-state index contributed by atoms with van der Waals surface area (Å²) in [5.41, 5.74) is 0.500. The molecule has 0 heterocycles. The van der Waals surface area contributed by atoms with E-state index >= 15 is 0 Å². The molecule has 0 saturated carbocycles. The molecule has 0 bridgehead atoms. The molecule has 3 heteroatoms. The van der Waals surface area contributed by atoms with Crippen LogP contribution in [0.25, 0.3) is 0 Å². The van der Waals surface area contributed by atoms with Gasteiger partial charge < -0.3 is 0 Å². The van der Waals surface area contributed by atoms with Crippen LogP contribution in [0.15, 0.2) is 0 Å². The third kappa shape index (κ3) is 8140. The minimum Gasteiger partial charge on any atom is -0.172 e. The van der Waals surface area contributed by atoms with Gasteiger partial charge in [0.15, 0.2) is 0 Å². The van der Waals surface area contributed by atoms with Crippen molar-refractivity contribution in [2.45, 2.75) is 40.8 Å². The average Bonchev–Trinajstić information content (AvgIpc) is 1.12. The van der Waals surface area contributed by atoms with E-state index in [1.165, 1.54) is 0 Å². The highest BCUT2D eigenvalue weighted by molar-refractivity contribution is 4.47. The molecule has 0 aromatic heterocycles. The molecule has 0 fully saturated rings. The van der Waals surface area contributed by atoms with E-state index in [0.29, 0.717) is 5.41 Å². The Kier molecular flexibility index (Phi) is 4.78. The lowest BCUT2D eigenvalue weighted by Crippen LogP contribution is -1.95. The Labute approximate surface area is 60.4 Å². The molecule has 0 radical (unpaired) electrons. The van der Waals surface area contributed by atoms with Crippen molar-refractivity contribution >= 4 is 0 Å². The number of halogens is 3. The van der Waals surface area contributed by atoms with E-state index in [2.05, 4.69) is 27.7 Å². The van der Waals surface area contributed by atoms with Crippen LogP contribution in [-0.4, -0.2) is 6.18 Å². The van der Waals surface area contributed by atoms with E-state index < -0.39 is 6.18 Å². The minimum absolute atomic E-state index is 0.188. The Morgan fingerprint density at radius 2 is 0.700 bits per heavy atom. The van der Waals surface area contributed by atoms with Crippen LogP contribution in [-0.2, 0) is 0 Å². The maximum Gasteiger partial charge on any atom is 0.386 e. The molecule has 0 nitrogen and oxygen atoms in total. The molecule has 0 spiro atoms. The molecule has 0 aliphatic rings. The summed E-state index contributed by atoms with van der Waals surface area (Å²) < 4.78 is 31.1. The van der Waals surface area contributed by atoms with Crippen LogP contribution < -0.4 is 0 Å². The first kappa shape index (κ1) is 12.5. The largest absolute Gasteiger partial charge is 0.386 e. The molecule has 64 valence electrons. The van der Waals surface area contributed by atoms with Gasteiger partial charge in [-0.05, 0) is 5.41 Å². The first-order valence-electron chi connectivity index (χ1n) is 3.07. The lowest BCUT2D eigenvalue weighted by atomic mass is 10.0. The summed E-state index contributed by atoms with van der Waals surface area (Å²) in [6.07, 6.45) is -4.00. The molecule has 0 amide bonds. The average molecular weight is 156 g/mol. The van der Waals surface area contributed by atoms with Gasteiger partial charge in [0.25, 0.3) is 0 Å². The fraction of sp³-hybridized carbons (Fsp3) is 1.00. The van der Waals surface area contributed by atoms with Gasteiger partial charge in [0, 0.05) is 6.92 Å². The smallest absolute Gasteiger partial charge is 0.172 e. The van der Waals surface area contributed by atoms with Crippen molar-refractivity contribution in [3.63, 3.8) is 0 Å². The summed E-state index contributed by atoms with van der Waals surface area (Å²) in [4.78, 5) is 0. The van der Waals surface area contributed by atoms with Gasteiger partial charge in [-0.3, -0.25) is 0 Å². The zero-order chi connectivity index (χ0) is 9.00. The van der Waals surface area contributed by atoms with Crippen molar-refractivity contribution < 1.29 is 13.2 Å². The molecule has 0 saturated heterocycles. The molecule has 0 aromatic carbocycles. The summed E-state index contributed by atoms with van der Waals surface area (Å²) in [5.74, 6) is 0. The highest BCUT2D eigenvalue weighted by Gasteiger charge is 2.15. The topological polar surface area (TPSA) is 0 Å². The molecule has 0 atom stereocenters. The van der Waals surface area contributed by atoms with Gasteiger partial charge in [0.1, 0.15) is 0 Å². The monoisotopic (exact) mass is 156 g/mol. The molecular weight excluding hydrogens is 141 g/mol. The van der Waals surface area contributed by atoms with E-state index in [9.17, 15) is 13.2 Å². The van der Waals surface area contributed by atoms with E-state index in [1.807, 2.05) is 0 Å². The fourth-order valence-corrected chi connectivity index (χ4v) is 0. The zero-order valence-corrected chi connectivity index (χ0v) is 7.13. The van der Waals surface area contributed by atoms with Gasteiger partial charge in [-0.1, -0.05) is 27.7 Å². The van der Waals surface area contributed by atoms with Gasteiger partial charge >= 0.3 is 6.18 Å². The standard InChI is InChI=1S/C5H12.C2H3F3/c1-5(2,3)4;1-2(3,4)5/h1-4H3;1H3. The molecule has 0 unspecified atom stereocenters. The first-order chi connectivity index (χ1) is 4.00. The zero-order valence-electron chi connectivity index (χ0n) is 7.13. The molecule has 0 aliphatic heterocycles. The van der Waals surface area contributed by atoms with Gasteiger partial charge in [0.2, 0.25) is 0 Å². The van der Waals surface area contributed by atoms with Gasteiger partial charge in [0.05, 0.1) is 0 Å². The highest BCUT2D eigenvalue weighted by atomic mass is 19.4. The minimum atomic E-state index is -4.00. The third-order valence-corrected chi connectivity index (χ3v) is 0. The Morgan fingerprint density at radius 1 is 0.700 bits per heavy atom. The molecule has 0 aromatic rings. The lowest BCUT2D eigenvalue weighted by molar-refractivity contribution is -0.110. The van der Waals surface area contributed by atoms with E-state index in [-0.39, 0.29) is 6.92 Å². The number of alkyl halides is 3. The molecule has 0 aliphatic carbocycles. The van der Waals surface area contributed by atoms with E-state index in [0.717, 1.165) is 0 Å². The van der Waals surface area contributed by atoms with Crippen molar-refractivity contribution in [1.29, 1.82) is 0 Å². The van der Waals surface area contributed by atoms with Crippen molar-refractivity contribution in [3.8, 4) is 0 Å². The van der Waals surface area contributed by atoms with Gasteiger partial charge in [-0.2, -0.15) is 13.2 Å². The van der Waals surface area contributed by atoms with Crippen LogP contribution >= 0.6 is 0 Å². The second kappa shape index (κ2) is 3.84. The Hall–Kier alpha value is -0.210. The summed E-state index contributed by atoms with van der Waals surface area (Å²) in [5, 5.41) is 0. The normalized spacial score (nSPS) is 12.0. The number of hydrogen-bond acceptors (Lipinski definition) is 0. The Bertz CT molecular complexity index is 51.8. The third-order valence-electron chi connectivity index (χ3n) is 0. The van der Waals surface area contributed by atoms with Crippen LogP contribution in [0.5, 0.6) is 0 Å². The maximum atomic E-state index is 10.4. The van der Waals surface area contributed by atoms with Crippen molar-refractivity contribution in [2.75, 3.05) is 0 Å². The summed E-state index contributed by atoms with van der Waals surface area (Å²) >= 11 is 0. The Morgan fingerprint density at radius 3 is 0.700 bits per heavy atom. The number of hydrogen-bond donors (Lipinski definition) is 0. The van der Waals surface area contributed by atoms with E-state index in [1.54, 1.807) is 0 Å². The summed E-state index contributed by atoms with van der Waals surface area (Å²) in [6, 6.07) is 0. The first-order valence-corrected chi connectivity index (χ1v) is 3.07.